The molecule has 1 aromatic heterocycles. The highest BCUT2D eigenvalue weighted by Gasteiger charge is 2.32. The van der Waals surface area contributed by atoms with Crippen molar-refractivity contribution in [2.24, 2.45) is 0 Å². The van der Waals surface area contributed by atoms with Gasteiger partial charge in [-0.25, -0.2) is 4.98 Å². The van der Waals surface area contributed by atoms with Crippen LogP contribution in [-0.4, -0.2) is 27.4 Å². The summed E-state index contributed by atoms with van der Waals surface area (Å²) in [6, 6.07) is 17.6. The summed E-state index contributed by atoms with van der Waals surface area (Å²) < 4.78 is 41.9. The summed E-state index contributed by atoms with van der Waals surface area (Å²) in [5.41, 5.74) is -0.269. The maximum Gasteiger partial charge on any atom is 0.416 e. The molecule has 0 saturated carbocycles. The van der Waals surface area contributed by atoms with Crippen molar-refractivity contribution < 1.29 is 18.0 Å². The zero-order valence-corrected chi connectivity index (χ0v) is 20.5. The van der Waals surface area contributed by atoms with E-state index in [0.717, 1.165) is 16.6 Å². The van der Waals surface area contributed by atoms with E-state index in [-0.39, 0.29) is 11.1 Å². The molecule has 0 saturated heterocycles. The minimum Gasteiger partial charge on any atom is -0.332 e. The summed E-state index contributed by atoms with van der Waals surface area (Å²) in [7, 11) is 1.50. The summed E-state index contributed by atoms with van der Waals surface area (Å²) in [5.74, 6) is -0.283. The minimum atomic E-state index is -4.57. The molecule has 0 unspecified atom stereocenters. The van der Waals surface area contributed by atoms with Crippen molar-refractivity contribution in [2.75, 3.05) is 7.05 Å². The second-order valence-electron chi connectivity index (χ2n) is 8.02. The molecule has 1 heterocycles. The number of para-hydroxylation sites is 1. The molecule has 0 bridgehead atoms. The van der Waals surface area contributed by atoms with Gasteiger partial charge in [0, 0.05) is 17.1 Å². The normalized spacial score (nSPS) is 12.5. The quantitative estimate of drug-likeness (QED) is 0.293. The standard InChI is InChI=1S/C26H21BrF3N3O2/c1-3-22(32(2)24(34)16-7-6-8-17(15-16)26(28,29)30)23-31-21-10-5-4-9-20(21)25(35)33(23)19-13-11-18(27)12-14-19/h4-15,22H,3H2,1-2H3/t22-/m0/s1. The molecule has 0 aliphatic heterocycles. The van der Waals surface area contributed by atoms with Crippen molar-refractivity contribution in [2.45, 2.75) is 25.6 Å². The summed E-state index contributed by atoms with van der Waals surface area (Å²) in [5, 5.41) is 0.417. The Labute approximate surface area is 208 Å². The van der Waals surface area contributed by atoms with Gasteiger partial charge < -0.3 is 4.90 Å². The highest BCUT2D eigenvalue weighted by molar-refractivity contribution is 9.10. The van der Waals surface area contributed by atoms with Crippen LogP contribution < -0.4 is 5.56 Å². The van der Waals surface area contributed by atoms with Crippen LogP contribution in [0.25, 0.3) is 16.6 Å². The third-order valence-corrected chi connectivity index (χ3v) is 6.32. The fourth-order valence-corrected chi connectivity index (χ4v) is 4.28. The van der Waals surface area contributed by atoms with Gasteiger partial charge >= 0.3 is 6.18 Å². The van der Waals surface area contributed by atoms with E-state index in [1.807, 2.05) is 6.92 Å². The molecule has 0 radical (unpaired) electrons. The topological polar surface area (TPSA) is 55.2 Å². The van der Waals surface area contributed by atoms with Gasteiger partial charge in [-0.05, 0) is 61.0 Å². The summed E-state index contributed by atoms with van der Waals surface area (Å²) >= 11 is 3.39. The largest absolute Gasteiger partial charge is 0.416 e. The molecule has 35 heavy (non-hydrogen) atoms. The number of nitrogens with zero attached hydrogens (tertiary/aromatic N) is 3. The van der Waals surface area contributed by atoms with Crippen LogP contribution in [0.5, 0.6) is 0 Å². The number of amides is 1. The Kier molecular flexibility index (Phi) is 6.80. The number of carbonyl (C=O) groups excluding carboxylic acids is 1. The lowest BCUT2D eigenvalue weighted by Crippen LogP contribution is -2.36. The van der Waals surface area contributed by atoms with Crippen LogP contribution in [0.2, 0.25) is 0 Å². The van der Waals surface area contributed by atoms with Gasteiger partial charge in [-0.3, -0.25) is 14.2 Å². The average molecular weight is 544 g/mol. The molecule has 4 rings (SSSR count). The summed E-state index contributed by atoms with van der Waals surface area (Å²) in [4.78, 5) is 32.9. The van der Waals surface area contributed by atoms with Crippen LogP contribution >= 0.6 is 15.9 Å². The zero-order chi connectivity index (χ0) is 25.3. The molecule has 1 atom stereocenters. The van der Waals surface area contributed by atoms with Crippen LogP contribution in [0.1, 0.15) is 41.1 Å². The molecule has 0 N–H and O–H groups in total. The zero-order valence-electron chi connectivity index (χ0n) is 18.9. The van der Waals surface area contributed by atoms with Gasteiger partial charge in [-0.1, -0.05) is 41.1 Å². The van der Waals surface area contributed by atoms with E-state index < -0.39 is 23.7 Å². The molecule has 9 heteroatoms. The summed E-state index contributed by atoms with van der Waals surface area (Å²) in [6.45, 7) is 1.83. The lowest BCUT2D eigenvalue weighted by molar-refractivity contribution is -0.137. The number of aromatic nitrogens is 2. The molecule has 0 aliphatic carbocycles. The number of halogens is 4. The third kappa shape index (κ3) is 4.86. The molecular formula is C26H21BrF3N3O2. The number of alkyl halides is 3. The van der Waals surface area contributed by atoms with Crippen LogP contribution in [0, 0.1) is 0 Å². The predicted octanol–water partition coefficient (Wildman–Crippen LogP) is 6.39. The smallest absolute Gasteiger partial charge is 0.332 e. The number of hydrogen-bond acceptors (Lipinski definition) is 3. The minimum absolute atomic E-state index is 0.0981. The maximum absolute atomic E-state index is 13.6. The van der Waals surface area contributed by atoms with Crippen molar-refractivity contribution >= 4 is 32.7 Å². The lowest BCUT2D eigenvalue weighted by Gasteiger charge is -2.29. The first-order chi connectivity index (χ1) is 16.6. The van der Waals surface area contributed by atoms with Crippen molar-refractivity contribution in [3.63, 3.8) is 0 Å². The second-order valence-corrected chi connectivity index (χ2v) is 8.94. The summed E-state index contributed by atoms with van der Waals surface area (Å²) in [6.07, 6.45) is -4.19. The molecule has 0 fully saturated rings. The van der Waals surface area contributed by atoms with Crippen LogP contribution in [0.4, 0.5) is 13.2 Å². The Bertz CT molecular complexity index is 1450. The second kappa shape index (κ2) is 9.65. The third-order valence-electron chi connectivity index (χ3n) is 5.80. The van der Waals surface area contributed by atoms with Crippen LogP contribution in [0.15, 0.2) is 82.1 Å². The number of benzene rings is 3. The molecular weight excluding hydrogens is 523 g/mol. The Hall–Kier alpha value is -3.46. The van der Waals surface area contributed by atoms with Gasteiger partial charge in [-0.15, -0.1) is 0 Å². The molecule has 180 valence electrons. The van der Waals surface area contributed by atoms with Crippen LogP contribution in [-0.2, 0) is 6.18 Å². The first kappa shape index (κ1) is 24.7. The van der Waals surface area contributed by atoms with Gasteiger partial charge in [0.2, 0.25) is 0 Å². The average Bonchev–Trinajstić information content (AvgIpc) is 2.84. The Balaban J connectivity index is 1.86. The van der Waals surface area contributed by atoms with Gasteiger partial charge in [0.05, 0.1) is 28.2 Å². The fraction of sp³-hybridized carbons (Fsp3) is 0.192. The Morgan fingerprint density at radius 3 is 2.40 bits per heavy atom. The first-order valence-corrected chi connectivity index (χ1v) is 11.6. The van der Waals surface area contributed by atoms with Crippen molar-refractivity contribution in [3.05, 3.63) is 105 Å². The highest BCUT2D eigenvalue weighted by atomic mass is 79.9. The molecule has 5 nitrogen and oxygen atoms in total. The number of hydrogen-bond donors (Lipinski definition) is 0. The Morgan fingerprint density at radius 2 is 1.74 bits per heavy atom. The van der Waals surface area contributed by atoms with E-state index in [4.69, 9.17) is 4.98 Å². The first-order valence-electron chi connectivity index (χ1n) is 10.8. The highest BCUT2D eigenvalue weighted by Crippen LogP contribution is 2.31. The van der Waals surface area contributed by atoms with Gasteiger partial charge in [0.25, 0.3) is 11.5 Å². The monoisotopic (exact) mass is 543 g/mol. The lowest BCUT2D eigenvalue weighted by atomic mass is 10.1. The molecule has 1 amide bonds. The van der Waals surface area contributed by atoms with Crippen molar-refractivity contribution in [1.82, 2.24) is 14.5 Å². The maximum atomic E-state index is 13.6. The van der Waals surface area contributed by atoms with Crippen LogP contribution in [0.3, 0.4) is 0 Å². The number of fused-ring (bicyclic) bond motifs is 1. The van der Waals surface area contributed by atoms with Gasteiger partial charge in [0.15, 0.2) is 0 Å². The van der Waals surface area contributed by atoms with Gasteiger partial charge in [-0.2, -0.15) is 13.2 Å². The fourth-order valence-electron chi connectivity index (χ4n) is 4.02. The van der Waals surface area contributed by atoms with Gasteiger partial charge in [0.1, 0.15) is 5.82 Å². The molecule has 3 aromatic carbocycles. The van der Waals surface area contributed by atoms with E-state index >= 15 is 0 Å². The van der Waals surface area contributed by atoms with Crippen molar-refractivity contribution in [3.8, 4) is 5.69 Å². The van der Waals surface area contributed by atoms with E-state index in [2.05, 4.69) is 15.9 Å². The van der Waals surface area contributed by atoms with E-state index in [9.17, 15) is 22.8 Å². The molecule has 4 aromatic rings. The number of carbonyl (C=O) groups is 1. The van der Waals surface area contributed by atoms with Crippen molar-refractivity contribution in [1.29, 1.82) is 0 Å². The SMILES string of the molecule is CC[C@@H](c1nc2ccccc2c(=O)n1-c1ccc(Br)cc1)N(C)C(=O)c1cccc(C(F)(F)F)c1. The predicted molar refractivity (Wildman–Crippen MR) is 132 cm³/mol. The molecule has 0 spiro atoms. The Morgan fingerprint density at radius 1 is 1.06 bits per heavy atom. The number of rotatable bonds is 5. The molecule has 0 aliphatic rings. The van der Waals surface area contributed by atoms with E-state index in [1.165, 1.54) is 28.6 Å². The van der Waals surface area contributed by atoms with E-state index in [1.54, 1.807) is 48.5 Å². The van der Waals surface area contributed by atoms with E-state index in [0.29, 0.717) is 28.8 Å².